The molecule has 3 atom stereocenters. The summed E-state index contributed by atoms with van der Waals surface area (Å²) in [6.45, 7) is 2.84. The van der Waals surface area contributed by atoms with E-state index >= 15 is 0 Å². The largest absolute Gasteiger partial charge is 0.301 e. The van der Waals surface area contributed by atoms with Gasteiger partial charge in [0.1, 0.15) is 0 Å². The van der Waals surface area contributed by atoms with E-state index in [0.717, 1.165) is 23.9 Å². The monoisotopic (exact) mass is 280 g/mol. The van der Waals surface area contributed by atoms with E-state index in [4.69, 9.17) is 9.81 Å². The van der Waals surface area contributed by atoms with Crippen LogP contribution in [0.1, 0.15) is 12.0 Å². The van der Waals surface area contributed by atoms with Crippen LogP contribution >= 0.6 is 0 Å². The van der Waals surface area contributed by atoms with Crippen LogP contribution in [0.15, 0.2) is 29.2 Å². The van der Waals surface area contributed by atoms with Crippen LogP contribution in [0.25, 0.3) is 0 Å². The second kappa shape index (κ2) is 5.29. The van der Waals surface area contributed by atoms with Crippen LogP contribution in [0, 0.1) is 30.1 Å². The highest BCUT2D eigenvalue weighted by Gasteiger charge is 2.48. The molecule has 5 nitrogen and oxygen atoms in total. The number of nitrogens with one attached hydrogen (secondary N) is 1. The van der Waals surface area contributed by atoms with Crippen LogP contribution in [0.3, 0.4) is 0 Å². The number of piperidine rings is 1. The zero-order valence-electron chi connectivity index (χ0n) is 10.6. The van der Waals surface area contributed by atoms with Gasteiger partial charge in [0, 0.05) is 0 Å². The van der Waals surface area contributed by atoms with E-state index in [2.05, 4.69) is 11.4 Å². The summed E-state index contributed by atoms with van der Waals surface area (Å²) < 4.78 is 29.7. The van der Waals surface area contributed by atoms with Crippen LogP contribution < -0.4 is 5.32 Å². The molecule has 102 valence electrons. The molecule has 0 radical (unpaired) electrons. The Bertz CT molecular complexity index is 607. The molecule has 1 heterocycles. The molecule has 3 unspecified atom stereocenters. The van der Waals surface area contributed by atoms with Crippen molar-refractivity contribution in [3.05, 3.63) is 29.8 Å². The highest BCUT2D eigenvalue weighted by molar-refractivity contribution is 7.85. The van der Waals surface area contributed by atoms with Gasteiger partial charge in [0.25, 0.3) is 10.1 Å². The Morgan fingerprint density at radius 1 is 1.47 bits per heavy atom. The zero-order chi connectivity index (χ0) is 14.0. The topological polar surface area (TPSA) is 90.2 Å². The van der Waals surface area contributed by atoms with Crippen LogP contribution in [0.5, 0.6) is 0 Å². The minimum absolute atomic E-state index is 0.0579. The quantitative estimate of drug-likeness (QED) is 0.758. The third-order valence-electron chi connectivity index (χ3n) is 3.43. The van der Waals surface area contributed by atoms with E-state index in [1.165, 1.54) is 18.6 Å². The highest BCUT2D eigenvalue weighted by atomic mass is 32.2. The van der Waals surface area contributed by atoms with Gasteiger partial charge in [-0.3, -0.25) is 4.55 Å². The molecule has 2 fully saturated rings. The van der Waals surface area contributed by atoms with E-state index in [-0.39, 0.29) is 10.9 Å². The van der Waals surface area contributed by atoms with Crippen molar-refractivity contribution in [2.75, 3.05) is 6.54 Å². The van der Waals surface area contributed by atoms with Gasteiger partial charge in [0.2, 0.25) is 0 Å². The maximum atomic E-state index is 10.5. The number of hydrogen-bond donors (Lipinski definition) is 2. The summed E-state index contributed by atoms with van der Waals surface area (Å²) in [4.78, 5) is -0.0579. The smallest absolute Gasteiger partial charge is 0.294 e. The SMILES string of the molecule is Cc1cccc(S(=O)(=O)O)c1.N#CC1NCC2CC21. The van der Waals surface area contributed by atoms with Crippen molar-refractivity contribution in [2.45, 2.75) is 24.3 Å². The number of aryl methyl sites for hydroxylation is 1. The van der Waals surface area contributed by atoms with E-state index in [0.29, 0.717) is 0 Å². The Labute approximate surface area is 113 Å². The molecule has 1 aromatic carbocycles. The summed E-state index contributed by atoms with van der Waals surface area (Å²) in [6, 6.07) is 8.54. The second-order valence-corrected chi connectivity index (χ2v) is 6.39. The average Bonchev–Trinajstić information content (AvgIpc) is 3.01. The number of nitriles is 1. The molecule has 1 aliphatic heterocycles. The normalized spacial score (nSPS) is 27.7. The number of benzene rings is 1. The molecule has 1 saturated heterocycles. The molecule has 0 aromatic heterocycles. The lowest BCUT2D eigenvalue weighted by atomic mass is 10.2. The van der Waals surface area contributed by atoms with E-state index < -0.39 is 10.1 Å². The molecule has 0 spiro atoms. The maximum Gasteiger partial charge on any atom is 0.294 e. The van der Waals surface area contributed by atoms with Gasteiger partial charge < -0.3 is 5.32 Å². The van der Waals surface area contributed by atoms with Gasteiger partial charge in [-0.05, 0) is 49.4 Å². The average molecular weight is 280 g/mol. The minimum Gasteiger partial charge on any atom is -0.301 e. The standard InChI is InChI=1S/C7H8O3S.C6H8N2/c1-6-3-2-4-7(5-6)11(8,9)10;7-2-6-5-1-4(5)3-8-6/h2-5H,1H3,(H,8,9,10);4-6,8H,1,3H2. The van der Waals surface area contributed by atoms with Gasteiger partial charge >= 0.3 is 0 Å². The summed E-state index contributed by atoms with van der Waals surface area (Å²) in [5.74, 6) is 1.58. The first-order chi connectivity index (χ1) is 8.91. The van der Waals surface area contributed by atoms with Crippen molar-refractivity contribution in [1.29, 1.82) is 5.26 Å². The summed E-state index contributed by atoms with van der Waals surface area (Å²) in [7, 11) is -4.03. The number of rotatable bonds is 1. The van der Waals surface area contributed by atoms with Crippen molar-refractivity contribution in [1.82, 2.24) is 5.32 Å². The summed E-state index contributed by atoms with van der Waals surface area (Å²) in [6.07, 6.45) is 1.30. The van der Waals surface area contributed by atoms with Crippen LogP contribution in [0.4, 0.5) is 0 Å². The lowest BCUT2D eigenvalue weighted by molar-refractivity contribution is 0.483. The molecule has 1 saturated carbocycles. The van der Waals surface area contributed by atoms with Crippen molar-refractivity contribution >= 4 is 10.1 Å². The third-order valence-corrected chi connectivity index (χ3v) is 4.28. The molecule has 6 heteroatoms. The van der Waals surface area contributed by atoms with Crippen LogP contribution in [0.2, 0.25) is 0 Å². The maximum absolute atomic E-state index is 10.5. The van der Waals surface area contributed by atoms with Crippen LogP contribution in [-0.2, 0) is 10.1 Å². The van der Waals surface area contributed by atoms with Crippen molar-refractivity contribution in [3.63, 3.8) is 0 Å². The lowest BCUT2D eigenvalue weighted by Crippen LogP contribution is -2.23. The summed E-state index contributed by atoms with van der Waals surface area (Å²) in [5, 5.41) is 11.6. The third kappa shape index (κ3) is 3.53. The first-order valence-electron chi connectivity index (χ1n) is 6.09. The minimum atomic E-state index is -4.03. The predicted octanol–water partition coefficient (Wildman–Crippen LogP) is 1.36. The van der Waals surface area contributed by atoms with E-state index in [1.807, 2.05) is 0 Å². The molecule has 2 aliphatic rings. The molecule has 19 heavy (non-hydrogen) atoms. The Kier molecular flexibility index (Phi) is 3.90. The van der Waals surface area contributed by atoms with Crippen LogP contribution in [-0.4, -0.2) is 25.6 Å². The van der Waals surface area contributed by atoms with Gasteiger partial charge in [-0.25, -0.2) is 0 Å². The number of fused-ring (bicyclic) bond motifs is 1. The Morgan fingerprint density at radius 2 is 2.21 bits per heavy atom. The fraction of sp³-hybridized carbons (Fsp3) is 0.462. The molecule has 0 amide bonds. The Hall–Kier alpha value is -1.42. The molecule has 0 bridgehead atoms. The fourth-order valence-corrected chi connectivity index (χ4v) is 2.85. The van der Waals surface area contributed by atoms with Crippen molar-refractivity contribution < 1.29 is 13.0 Å². The predicted molar refractivity (Wildman–Crippen MR) is 70.0 cm³/mol. The lowest BCUT2D eigenvalue weighted by Gasteiger charge is -1.98. The Balaban J connectivity index is 0.000000146. The molecule has 2 N–H and O–H groups in total. The second-order valence-electron chi connectivity index (χ2n) is 4.97. The van der Waals surface area contributed by atoms with Crippen molar-refractivity contribution in [2.24, 2.45) is 11.8 Å². The highest BCUT2D eigenvalue weighted by Crippen LogP contribution is 2.44. The fourth-order valence-electron chi connectivity index (χ4n) is 2.26. The number of hydrogen-bond acceptors (Lipinski definition) is 4. The van der Waals surface area contributed by atoms with Gasteiger partial charge in [-0.1, -0.05) is 12.1 Å². The van der Waals surface area contributed by atoms with E-state index in [1.54, 1.807) is 19.1 Å². The molecule has 3 rings (SSSR count). The number of nitrogens with zero attached hydrogens (tertiary/aromatic N) is 1. The molecular formula is C13H16N2O3S. The first kappa shape index (κ1) is 14.0. The van der Waals surface area contributed by atoms with E-state index in [9.17, 15) is 8.42 Å². The zero-order valence-corrected chi connectivity index (χ0v) is 11.4. The van der Waals surface area contributed by atoms with Gasteiger partial charge in [0.05, 0.1) is 17.0 Å². The van der Waals surface area contributed by atoms with Gasteiger partial charge in [-0.15, -0.1) is 0 Å². The van der Waals surface area contributed by atoms with Gasteiger partial charge in [-0.2, -0.15) is 13.7 Å². The molecule has 1 aliphatic carbocycles. The molecular weight excluding hydrogens is 264 g/mol. The summed E-state index contributed by atoms with van der Waals surface area (Å²) in [5.41, 5.74) is 0.806. The first-order valence-corrected chi connectivity index (χ1v) is 7.53. The Morgan fingerprint density at radius 3 is 2.53 bits per heavy atom. The van der Waals surface area contributed by atoms with Gasteiger partial charge in [0.15, 0.2) is 0 Å². The summed E-state index contributed by atoms with van der Waals surface area (Å²) >= 11 is 0. The molecule has 1 aromatic rings. The van der Waals surface area contributed by atoms with Crippen molar-refractivity contribution in [3.8, 4) is 6.07 Å².